The van der Waals surface area contributed by atoms with Crippen LogP contribution in [0.2, 0.25) is 5.02 Å². The summed E-state index contributed by atoms with van der Waals surface area (Å²) in [6.07, 6.45) is -1.14. The number of benzene rings is 2. The molecule has 0 bridgehead atoms. The van der Waals surface area contributed by atoms with Crippen molar-refractivity contribution in [2.75, 3.05) is 4.90 Å². The van der Waals surface area contributed by atoms with Crippen LogP contribution in [0, 0.1) is 0 Å². The number of hydrogen-bond donors (Lipinski definition) is 0. The van der Waals surface area contributed by atoms with E-state index in [9.17, 15) is 18.0 Å². The second-order valence-corrected chi connectivity index (χ2v) is 6.68. The van der Waals surface area contributed by atoms with Gasteiger partial charge in [0, 0.05) is 5.02 Å². The molecule has 0 spiro atoms. The maximum atomic E-state index is 13.5. The number of halogens is 4. The van der Waals surface area contributed by atoms with E-state index in [-0.39, 0.29) is 10.7 Å². The quantitative estimate of drug-likeness (QED) is 0.626. The SMILES string of the molecule is O=CN(c1ccc(Cl)cc1C(F)(F)F)C1(c2ccccc2)CCCC1. The van der Waals surface area contributed by atoms with Gasteiger partial charge in [-0.1, -0.05) is 54.8 Å². The first-order valence-electron chi connectivity index (χ1n) is 8.05. The van der Waals surface area contributed by atoms with Crippen molar-refractivity contribution in [3.05, 3.63) is 64.7 Å². The summed E-state index contributed by atoms with van der Waals surface area (Å²) in [5, 5.41) is -0.0119. The monoisotopic (exact) mass is 367 g/mol. The maximum Gasteiger partial charge on any atom is 0.418 e. The first kappa shape index (κ1) is 17.8. The number of rotatable bonds is 4. The van der Waals surface area contributed by atoms with Gasteiger partial charge in [-0.3, -0.25) is 4.79 Å². The molecule has 1 aliphatic carbocycles. The van der Waals surface area contributed by atoms with Gasteiger partial charge in [0.1, 0.15) is 0 Å². The summed E-state index contributed by atoms with van der Waals surface area (Å²) in [5.41, 5.74) is -0.966. The van der Waals surface area contributed by atoms with Gasteiger partial charge in [0.25, 0.3) is 0 Å². The number of carbonyl (C=O) groups excluding carboxylic acids is 1. The summed E-state index contributed by atoms with van der Waals surface area (Å²) in [6.45, 7) is 0. The van der Waals surface area contributed by atoms with Crippen molar-refractivity contribution >= 4 is 23.7 Å². The third-order valence-electron chi connectivity index (χ3n) is 4.83. The molecule has 1 saturated carbocycles. The highest BCUT2D eigenvalue weighted by Crippen LogP contribution is 2.48. The van der Waals surface area contributed by atoms with Crippen LogP contribution in [-0.4, -0.2) is 6.41 Å². The molecule has 0 unspecified atom stereocenters. The third kappa shape index (κ3) is 3.25. The minimum Gasteiger partial charge on any atom is -0.304 e. The van der Waals surface area contributed by atoms with Crippen molar-refractivity contribution in [2.24, 2.45) is 0 Å². The fourth-order valence-corrected chi connectivity index (χ4v) is 3.88. The van der Waals surface area contributed by atoms with Gasteiger partial charge in [0.2, 0.25) is 6.41 Å². The Morgan fingerprint density at radius 3 is 2.24 bits per heavy atom. The highest BCUT2D eigenvalue weighted by Gasteiger charge is 2.44. The van der Waals surface area contributed by atoms with Crippen molar-refractivity contribution in [1.29, 1.82) is 0 Å². The van der Waals surface area contributed by atoms with E-state index >= 15 is 0 Å². The van der Waals surface area contributed by atoms with Gasteiger partial charge >= 0.3 is 6.18 Å². The number of nitrogens with zero attached hydrogens (tertiary/aromatic N) is 1. The molecule has 0 N–H and O–H groups in total. The molecule has 0 aliphatic heterocycles. The van der Waals surface area contributed by atoms with Crippen LogP contribution in [-0.2, 0) is 16.5 Å². The Balaban J connectivity index is 2.18. The van der Waals surface area contributed by atoms with Gasteiger partial charge in [-0.2, -0.15) is 13.2 Å². The lowest BCUT2D eigenvalue weighted by Crippen LogP contribution is -2.44. The minimum absolute atomic E-state index is 0.0119. The predicted octanol–water partition coefficient (Wildman–Crippen LogP) is 5.79. The molecular weight excluding hydrogens is 351 g/mol. The van der Waals surface area contributed by atoms with Crippen LogP contribution in [0.5, 0.6) is 0 Å². The third-order valence-corrected chi connectivity index (χ3v) is 5.07. The van der Waals surface area contributed by atoms with Crippen LogP contribution >= 0.6 is 11.6 Å². The van der Waals surface area contributed by atoms with Gasteiger partial charge in [0.15, 0.2) is 0 Å². The first-order valence-corrected chi connectivity index (χ1v) is 8.43. The van der Waals surface area contributed by atoms with Crippen molar-refractivity contribution in [2.45, 2.75) is 37.4 Å². The summed E-state index contributed by atoms with van der Waals surface area (Å²) in [6, 6.07) is 12.8. The average Bonchev–Trinajstić information content (AvgIpc) is 3.07. The van der Waals surface area contributed by atoms with Crippen molar-refractivity contribution in [3.63, 3.8) is 0 Å². The van der Waals surface area contributed by atoms with Crippen molar-refractivity contribution in [1.82, 2.24) is 0 Å². The molecule has 0 atom stereocenters. The van der Waals surface area contributed by atoms with Crippen LogP contribution in [0.15, 0.2) is 48.5 Å². The molecule has 1 amide bonds. The Labute approximate surface area is 149 Å². The number of carbonyl (C=O) groups is 1. The average molecular weight is 368 g/mol. The van der Waals surface area contributed by atoms with E-state index in [1.165, 1.54) is 17.0 Å². The molecule has 2 aromatic carbocycles. The van der Waals surface area contributed by atoms with Gasteiger partial charge in [-0.05, 0) is 36.6 Å². The summed E-state index contributed by atoms with van der Waals surface area (Å²) < 4.78 is 40.6. The largest absolute Gasteiger partial charge is 0.418 e. The van der Waals surface area contributed by atoms with Crippen LogP contribution in [0.25, 0.3) is 0 Å². The summed E-state index contributed by atoms with van der Waals surface area (Å²) in [4.78, 5) is 13.2. The van der Waals surface area contributed by atoms with E-state index in [0.29, 0.717) is 19.3 Å². The zero-order valence-corrected chi connectivity index (χ0v) is 14.1. The second-order valence-electron chi connectivity index (χ2n) is 6.24. The van der Waals surface area contributed by atoms with E-state index in [1.54, 1.807) is 0 Å². The molecular formula is C19H17ClF3NO. The molecule has 2 nitrogen and oxygen atoms in total. The number of hydrogen-bond acceptors (Lipinski definition) is 1. The van der Waals surface area contributed by atoms with E-state index < -0.39 is 17.3 Å². The summed E-state index contributed by atoms with van der Waals surface area (Å²) in [7, 11) is 0. The number of alkyl halides is 3. The molecule has 2 aromatic rings. The lowest BCUT2D eigenvalue weighted by Gasteiger charge is -2.40. The van der Waals surface area contributed by atoms with E-state index in [2.05, 4.69) is 0 Å². The highest BCUT2D eigenvalue weighted by molar-refractivity contribution is 6.30. The Hall–Kier alpha value is -2.01. The lowest BCUT2D eigenvalue weighted by molar-refractivity contribution is -0.137. The van der Waals surface area contributed by atoms with Gasteiger partial charge in [-0.25, -0.2) is 0 Å². The van der Waals surface area contributed by atoms with Crippen molar-refractivity contribution in [3.8, 4) is 0 Å². The van der Waals surface area contributed by atoms with Gasteiger partial charge in [0.05, 0.1) is 16.8 Å². The van der Waals surface area contributed by atoms with Gasteiger partial charge in [-0.15, -0.1) is 0 Å². The molecule has 0 radical (unpaired) electrons. The summed E-state index contributed by atoms with van der Waals surface area (Å²) >= 11 is 5.78. The molecule has 3 rings (SSSR count). The molecule has 0 aromatic heterocycles. The van der Waals surface area contributed by atoms with Crippen LogP contribution in [0.1, 0.15) is 36.8 Å². The normalized spacial score (nSPS) is 16.6. The topological polar surface area (TPSA) is 20.3 Å². The van der Waals surface area contributed by atoms with E-state index in [4.69, 9.17) is 11.6 Å². The lowest BCUT2D eigenvalue weighted by atomic mass is 9.85. The van der Waals surface area contributed by atoms with E-state index in [1.807, 2.05) is 30.3 Å². The standard InChI is InChI=1S/C19H17ClF3NO/c20-15-8-9-17(16(12-15)19(21,22)23)24(13-25)18(10-4-5-11-18)14-6-2-1-3-7-14/h1-3,6-9,12-13H,4-5,10-11H2. The molecule has 0 saturated heterocycles. The molecule has 25 heavy (non-hydrogen) atoms. The molecule has 1 fully saturated rings. The zero-order chi connectivity index (χ0) is 18.1. The zero-order valence-electron chi connectivity index (χ0n) is 13.4. The van der Waals surface area contributed by atoms with Crippen molar-refractivity contribution < 1.29 is 18.0 Å². The minimum atomic E-state index is -4.60. The smallest absolute Gasteiger partial charge is 0.304 e. The van der Waals surface area contributed by atoms with Crippen LogP contribution < -0.4 is 4.90 Å². The summed E-state index contributed by atoms with van der Waals surface area (Å²) in [5.74, 6) is 0. The molecule has 1 aliphatic rings. The fraction of sp³-hybridized carbons (Fsp3) is 0.316. The Morgan fingerprint density at radius 2 is 1.68 bits per heavy atom. The van der Waals surface area contributed by atoms with Gasteiger partial charge < -0.3 is 4.90 Å². The highest BCUT2D eigenvalue weighted by atomic mass is 35.5. The first-order chi connectivity index (χ1) is 11.9. The molecule has 6 heteroatoms. The Bertz CT molecular complexity index is 755. The van der Waals surface area contributed by atoms with Crippen LogP contribution in [0.3, 0.4) is 0 Å². The Morgan fingerprint density at radius 1 is 1.04 bits per heavy atom. The second kappa shape index (κ2) is 6.71. The Kier molecular flexibility index (Phi) is 4.78. The maximum absolute atomic E-state index is 13.5. The number of amides is 1. The van der Waals surface area contributed by atoms with E-state index in [0.717, 1.165) is 24.5 Å². The van der Waals surface area contributed by atoms with Crippen LogP contribution in [0.4, 0.5) is 18.9 Å². The predicted molar refractivity (Wildman–Crippen MR) is 91.6 cm³/mol. The molecule has 0 heterocycles. The number of anilines is 1. The molecule has 132 valence electrons. The fourth-order valence-electron chi connectivity index (χ4n) is 3.71.